The molecule has 1 amide bonds. The van der Waals surface area contributed by atoms with Crippen molar-refractivity contribution in [1.82, 2.24) is 5.32 Å². The molecule has 1 aromatic heterocycles. The molecule has 7 heteroatoms. The monoisotopic (exact) mass is 373 g/mol. The number of carboxylic acids is 1. The molecule has 1 heterocycles. The van der Waals surface area contributed by atoms with Gasteiger partial charge in [-0.1, -0.05) is 23.7 Å². The molecule has 0 fully saturated rings. The van der Waals surface area contributed by atoms with Crippen LogP contribution in [-0.4, -0.2) is 30.1 Å². The van der Waals surface area contributed by atoms with Crippen molar-refractivity contribution in [3.05, 3.63) is 64.9 Å². The van der Waals surface area contributed by atoms with Crippen LogP contribution in [0.1, 0.15) is 16.1 Å². The number of carbonyl (C=O) groups is 2. The average Bonchev–Trinajstić information content (AvgIpc) is 3.04. The fourth-order valence-corrected chi connectivity index (χ4v) is 2.80. The number of aliphatic carboxylic acids is 1. The molecule has 0 aliphatic carbocycles. The van der Waals surface area contributed by atoms with Crippen molar-refractivity contribution in [2.24, 2.45) is 0 Å². The van der Waals surface area contributed by atoms with E-state index in [1.165, 1.54) is 0 Å². The molecule has 0 saturated heterocycles. The summed E-state index contributed by atoms with van der Waals surface area (Å²) in [6, 6.07) is 12.4. The van der Waals surface area contributed by atoms with E-state index in [2.05, 4.69) is 5.32 Å². The van der Waals surface area contributed by atoms with Gasteiger partial charge in [-0.15, -0.1) is 0 Å². The summed E-state index contributed by atoms with van der Waals surface area (Å²) in [6.07, 6.45) is 0.107. The second-order valence-corrected chi connectivity index (χ2v) is 6.15. The van der Waals surface area contributed by atoms with Gasteiger partial charge in [-0.2, -0.15) is 0 Å². The number of rotatable bonds is 6. The van der Waals surface area contributed by atoms with Crippen LogP contribution in [0.15, 0.2) is 52.9 Å². The third kappa shape index (κ3) is 3.97. The van der Waals surface area contributed by atoms with Crippen molar-refractivity contribution in [2.45, 2.75) is 12.5 Å². The zero-order valence-electron chi connectivity index (χ0n) is 13.9. The first-order chi connectivity index (χ1) is 12.5. The van der Waals surface area contributed by atoms with Crippen molar-refractivity contribution >= 4 is 34.4 Å². The number of nitrogens with one attached hydrogen (secondary N) is 1. The minimum Gasteiger partial charge on any atom is -0.497 e. The summed E-state index contributed by atoms with van der Waals surface area (Å²) in [5.41, 5.74) is 1.22. The average molecular weight is 374 g/mol. The lowest BCUT2D eigenvalue weighted by atomic mass is 10.1. The van der Waals surface area contributed by atoms with Crippen LogP contribution in [0, 0.1) is 0 Å². The molecule has 6 nitrogen and oxygen atoms in total. The summed E-state index contributed by atoms with van der Waals surface area (Å²) >= 11 is 5.92. The van der Waals surface area contributed by atoms with Gasteiger partial charge in [-0.05, 0) is 42.0 Å². The molecule has 0 aliphatic rings. The van der Waals surface area contributed by atoms with Crippen molar-refractivity contribution in [1.29, 1.82) is 0 Å². The second-order valence-electron chi connectivity index (χ2n) is 5.71. The lowest BCUT2D eigenvalue weighted by Gasteiger charge is -2.13. The maximum absolute atomic E-state index is 12.4. The summed E-state index contributed by atoms with van der Waals surface area (Å²) in [6.45, 7) is 0. The number of carboxylic acid groups (broad SMARTS) is 1. The van der Waals surface area contributed by atoms with Crippen LogP contribution in [0.4, 0.5) is 0 Å². The molecule has 3 rings (SSSR count). The van der Waals surface area contributed by atoms with Crippen LogP contribution in [0.5, 0.6) is 5.75 Å². The van der Waals surface area contributed by atoms with Crippen molar-refractivity contribution in [3.63, 3.8) is 0 Å². The highest BCUT2D eigenvalue weighted by Gasteiger charge is 2.23. The molecule has 0 aliphatic heterocycles. The van der Waals surface area contributed by atoms with Crippen LogP contribution < -0.4 is 10.1 Å². The van der Waals surface area contributed by atoms with E-state index in [1.54, 1.807) is 55.6 Å². The first-order valence-electron chi connectivity index (χ1n) is 7.82. The predicted molar refractivity (Wildman–Crippen MR) is 96.8 cm³/mol. The zero-order valence-corrected chi connectivity index (χ0v) is 14.6. The van der Waals surface area contributed by atoms with Gasteiger partial charge in [0.05, 0.1) is 7.11 Å². The van der Waals surface area contributed by atoms with E-state index in [1.807, 2.05) is 0 Å². The lowest BCUT2D eigenvalue weighted by molar-refractivity contribution is -0.139. The molecule has 0 bridgehead atoms. The molecule has 26 heavy (non-hydrogen) atoms. The Balaban J connectivity index is 1.78. The molecular weight excluding hydrogens is 358 g/mol. The van der Waals surface area contributed by atoms with E-state index < -0.39 is 17.9 Å². The third-order valence-corrected chi connectivity index (χ3v) is 4.11. The Labute approximate surface area is 154 Å². The number of methoxy groups -OCH3 is 1. The van der Waals surface area contributed by atoms with Crippen LogP contribution >= 0.6 is 11.6 Å². The van der Waals surface area contributed by atoms with Gasteiger partial charge in [0.15, 0.2) is 5.76 Å². The Bertz CT molecular complexity index is 965. The molecule has 0 spiro atoms. The fourth-order valence-electron chi connectivity index (χ4n) is 2.59. The zero-order chi connectivity index (χ0) is 18.7. The molecule has 3 aromatic rings. The van der Waals surface area contributed by atoms with Gasteiger partial charge >= 0.3 is 5.97 Å². The lowest BCUT2D eigenvalue weighted by Crippen LogP contribution is -2.42. The number of fused-ring (bicyclic) bond motifs is 1. The van der Waals surface area contributed by atoms with E-state index in [0.29, 0.717) is 27.3 Å². The Hall–Kier alpha value is -2.99. The second kappa shape index (κ2) is 7.49. The molecule has 2 N–H and O–H groups in total. The van der Waals surface area contributed by atoms with Crippen molar-refractivity contribution in [2.75, 3.05) is 7.11 Å². The standard InChI is InChI=1S/C19H16ClNO5/c1-25-14-5-6-16-12(9-14)10-17(26-16)18(22)21-15(19(23)24)8-11-3-2-4-13(20)7-11/h2-7,9-10,15H,8H2,1H3,(H,21,22)(H,23,24). The first kappa shape index (κ1) is 17.8. The van der Waals surface area contributed by atoms with E-state index in [9.17, 15) is 14.7 Å². The maximum atomic E-state index is 12.4. The van der Waals surface area contributed by atoms with E-state index in [-0.39, 0.29) is 12.2 Å². The van der Waals surface area contributed by atoms with Gasteiger partial charge in [0.25, 0.3) is 5.91 Å². The highest BCUT2D eigenvalue weighted by molar-refractivity contribution is 6.30. The Morgan fingerprint density at radius 1 is 1.23 bits per heavy atom. The highest BCUT2D eigenvalue weighted by Crippen LogP contribution is 2.24. The van der Waals surface area contributed by atoms with Gasteiger partial charge in [-0.3, -0.25) is 4.79 Å². The van der Waals surface area contributed by atoms with E-state index in [0.717, 1.165) is 0 Å². The summed E-state index contributed by atoms with van der Waals surface area (Å²) in [5.74, 6) is -1.08. The number of benzene rings is 2. The number of ether oxygens (including phenoxy) is 1. The summed E-state index contributed by atoms with van der Waals surface area (Å²) in [4.78, 5) is 23.9. The molecule has 1 unspecified atom stereocenters. The van der Waals surface area contributed by atoms with Crippen LogP contribution in [0.25, 0.3) is 11.0 Å². The van der Waals surface area contributed by atoms with Gasteiger partial charge in [-0.25, -0.2) is 4.79 Å². The van der Waals surface area contributed by atoms with Gasteiger partial charge in [0.1, 0.15) is 17.4 Å². The number of furan rings is 1. The van der Waals surface area contributed by atoms with Crippen molar-refractivity contribution in [3.8, 4) is 5.75 Å². The highest BCUT2D eigenvalue weighted by atomic mass is 35.5. The van der Waals surface area contributed by atoms with Crippen LogP contribution in [-0.2, 0) is 11.2 Å². The van der Waals surface area contributed by atoms with Gasteiger partial charge < -0.3 is 19.6 Å². The topological polar surface area (TPSA) is 88.8 Å². The molecule has 1 atom stereocenters. The van der Waals surface area contributed by atoms with Gasteiger partial charge in [0, 0.05) is 16.8 Å². The summed E-state index contributed by atoms with van der Waals surface area (Å²) < 4.78 is 10.6. The number of hydrogen-bond acceptors (Lipinski definition) is 4. The third-order valence-electron chi connectivity index (χ3n) is 3.88. The Morgan fingerprint density at radius 2 is 2.04 bits per heavy atom. The van der Waals surface area contributed by atoms with Crippen LogP contribution in [0.3, 0.4) is 0 Å². The first-order valence-corrected chi connectivity index (χ1v) is 8.20. The summed E-state index contributed by atoms with van der Waals surface area (Å²) in [7, 11) is 1.54. The minimum absolute atomic E-state index is 0.0330. The number of amides is 1. The quantitative estimate of drug-likeness (QED) is 0.690. The minimum atomic E-state index is -1.14. The Kier molecular flexibility index (Phi) is 5.14. The summed E-state index contributed by atoms with van der Waals surface area (Å²) in [5, 5.41) is 13.1. The normalized spacial score (nSPS) is 11.9. The Morgan fingerprint density at radius 3 is 2.73 bits per heavy atom. The molecule has 2 aromatic carbocycles. The molecular formula is C19H16ClNO5. The number of hydrogen-bond donors (Lipinski definition) is 2. The maximum Gasteiger partial charge on any atom is 0.326 e. The molecule has 0 saturated carbocycles. The van der Waals surface area contributed by atoms with E-state index >= 15 is 0 Å². The van der Waals surface area contributed by atoms with Crippen molar-refractivity contribution < 1.29 is 23.8 Å². The SMILES string of the molecule is COc1ccc2oc(C(=O)NC(Cc3cccc(Cl)c3)C(=O)O)cc2c1. The largest absolute Gasteiger partial charge is 0.497 e. The van der Waals surface area contributed by atoms with Gasteiger partial charge in [0.2, 0.25) is 0 Å². The molecule has 0 radical (unpaired) electrons. The van der Waals surface area contributed by atoms with Crippen LogP contribution in [0.2, 0.25) is 5.02 Å². The smallest absolute Gasteiger partial charge is 0.326 e. The number of carbonyl (C=O) groups excluding carboxylic acids is 1. The molecule has 134 valence electrons. The van der Waals surface area contributed by atoms with E-state index in [4.69, 9.17) is 20.8 Å². The predicted octanol–water partition coefficient (Wildman–Crippen LogP) is 3.52. The number of halogens is 1. The fraction of sp³-hybridized carbons (Fsp3) is 0.158.